The monoisotopic (exact) mass is 344 g/mol. The summed E-state index contributed by atoms with van der Waals surface area (Å²) in [4.78, 5) is 17.9. The molecule has 1 amide bonds. The highest BCUT2D eigenvalue weighted by Crippen LogP contribution is 2.42. The number of aromatic nitrogens is 2. The first-order valence-electron chi connectivity index (χ1n) is 10.1. The molecule has 2 aliphatic heterocycles. The third-order valence-corrected chi connectivity index (χ3v) is 6.65. The van der Waals surface area contributed by atoms with Gasteiger partial charge in [0.05, 0.1) is 11.1 Å². The zero-order valence-corrected chi connectivity index (χ0v) is 16.1. The summed E-state index contributed by atoms with van der Waals surface area (Å²) in [5.74, 6) is 1.24. The van der Waals surface area contributed by atoms with Gasteiger partial charge in [0.1, 0.15) is 0 Å². The predicted molar refractivity (Wildman–Crippen MR) is 98.2 cm³/mol. The molecule has 1 aromatic heterocycles. The lowest BCUT2D eigenvalue weighted by Gasteiger charge is -2.39. The van der Waals surface area contributed by atoms with Crippen molar-refractivity contribution in [2.45, 2.75) is 66.0 Å². The fraction of sp³-hybridized carbons (Fsp3) is 0.800. The summed E-state index contributed by atoms with van der Waals surface area (Å²) in [6.07, 6.45) is 5.94. The van der Waals surface area contributed by atoms with Gasteiger partial charge in [0.15, 0.2) is 0 Å². The Hall–Kier alpha value is -1.36. The normalized spacial score (nSPS) is 27.6. The summed E-state index contributed by atoms with van der Waals surface area (Å²) in [6.45, 7) is 12.3. The van der Waals surface area contributed by atoms with Crippen LogP contribution in [0.5, 0.6) is 0 Å². The molecule has 0 bridgehead atoms. The lowest BCUT2D eigenvalue weighted by atomic mass is 9.78. The molecule has 1 spiro atoms. The van der Waals surface area contributed by atoms with Crippen molar-refractivity contribution >= 4 is 5.91 Å². The maximum absolute atomic E-state index is 13.2. The Bertz CT molecular complexity index is 663. The van der Waals surface area contributed by atoms with E-state index in [9.17, 15) is 4.79 Å². The van der Waals surface area contributed by atoms with E-state index < -0.39 is 0 Å². The van der Waals surface area contributed by atoms with Crippen LogP contribution in [0.4, 0.5) is 0 Å². The molecule has 1 saturated carbocycles. The number of carbonyl (C=O) groups is 1. The summed E-state index contributed by atoms with van der Waals surface area (Å²) in [7, 11) is 0. The van der Waals surface area contributed by atoms with Gasteiger partial charge in [0, 0.05) is 44.0 Å². The van der Waals surface area contributed by atoms with E-state index in [0.717, 1.165) is 63.7 Å². The van der Waals surface area contributed by atoms with E-state index >= 15 is 0 Å². The van der Waals surface area contributed by atoms with Crippen molar-refractivity contribution in [3.8, 4) is 0 Å². The van der Waals surface area contributed by atoms with Crippen molar-refractivity contribution in [1.29, 1.82) is 0 Å². The van der Waals surface area contributed by atoms with Crippen LogP contribution in [0.3, 0.4) is 0 Å². The van der Waals surface area contributed by atoms with Crippen LogP contribution < -0.4 is 0 Å². The van der Waals surface area contributed by atoms with Crippen molar-refractivity contribution < 1.29 is 4.79 Å². The highest BCUT2D eigenvalue weighted by molar-refractivity contribution is 5.84. The fourth-order valence-electron chi connectivity index (χ4n) is 4.90. The minimum Gasteiger partial charge on any atom is -0.342 e. The van der Waals surface area contributed by atoms with E-state index in [1.54, 1.807) is 0 Å². The summed E-state index contributed by atoms with van der Waals surface area (Å²) in [5, 5.41) is 4.66. The van der Waals surface area contributed by atoms with E-state index in [4.69, 9.17) is 0 Å². The molecule has 3 fully saturated rings. The van der Waals surface area contributed by atoms with E-state index in [1.165, 1.54) is 30.5 Å². The molecule has 2 saturated heterocycles. The molecule has 138 valence electrons. The molecule has 4 rings (SSSR count). The van der Waals surface area contributed by atoms with E-state index in [1.807, 2.05) is 0 Å². The van der Waals surface area contributed by atoms with Crippen LogP contribution >= 0.6 is 0 Å². The van der Waals surface area contributed by atoms with Crippen molar-refractivity contribution in [3.63, 3.8) is 0 Å². The van der Waals surface area contributed by atoms with Gasteiger partial charge in [-0.2, -0.15) is 5.10 Å². The van der Waals surface area contributed by atoms with Gasteiger partial charge >= 0.3 is 0 Å². The molecular formula is C20H32N4O. The highest BCUT2D eigenvalue weighted by Gasteiger charge is 2.48. The van der Waals surface area contributed by atoms with E-state index in [0.29, 0.717) is 5.91 Å². The zero-order valence-electron chi connectivity index (χ0n) is 16.1. The smallest absolute Gasteiger partial charge is 0.230 e. The summed E-state index contributed by atoms with van der Waals surface area (Å²) in [6, 6.07) is 0. The molecule has 1 atom stereocenters. The lowest BCUT2D eigenvalue weighted by molar-refractivity contribution is -0.145. The average molecular weight is 345 g/mol. The second kappa shape index (κ2) is 6.42. The zero-order chi connectivity index (χ0) is 17.6. The maximum atomic E-state index is 13.2. The first-order valence-corrected chi connectivity index (χ1v) is 10.1. The van der Waals surface area contributed by atoms with Gasteiger partial charge in [0.2, 0.25) is 5.91 Å². The SMILES string of the molecule is CCn1nc(C)c(CN2CC[C@]3(CCCN(CC4CC4)C3=O)C2)c1C. The topological polar surface area (TPSA) is 41.4 Å². The minimum absolute atomic E-state index is 0.101. The number of aryl methyl sites for hydroxylation is 2. The number of amides is 1. The van der Waals surface area contributed by atoms with Crippen LogP contribution in [0, 0.1) is 25.2 Å². The highest BCUT2D eigenvalue weighted by atomic mass is 16.2. The molecule has 5 heteroatoms. The second-order valence-electron chi connectivity index (χ2n) is 8.50. The Morgan fingerprint density at radius 3 is 2.68 bits per heavy atom. The second-order valence-corrected chi connectivity index (χ2v) is 8.50. The molecule has 1 aromatic rings. The third-order valence-electron chi connectivity index (χ3n) is 6.65. The maximum Gasteiger partial charge on any atom is 0.230 e. The Morgan fingerprint density at radius 1 is 1.20 bits per heavy atom. The van der Waals surface area contributed by atoms with Crippen molar-refractivity contribution in [1.82, 2.24) is 19.6 Å². The van der Waals surface area contributed by atoms with E-state index in [-0.39, 0.29) is 5.41 Å². The molecule has 25 heavy (non-hydrogen) atoms. The standard InChI is InChI=1S/C20H32N4O/c1-4-24-16(3)18(15(2)21-24)13-22-11-9-20(14-22)8-5-10-23(19(20)25)12-17-6-7-17/h17H,4-14H2,1-3H3/t20-/m1/s1. The molecule has 3 heterocycles. The van der Waals surface area contributed by atoms with Crippen LogP contribution in [0.25, 0.3) is 0 Å². The number of hydrogen-bond donors (Lipinski definition) is 0. The molecule has 0 radical (unpaired) electrons. The van der Waals surface area contributed by atoms with Crippen molar-refractivity contribution in [2.75, 3.05) is 26.2 Å². The molecule has 0 N–H and O–H groups in total. The Morgan fingerprint density at radius 2 is 2.00 bits per heavy atom. The summed E-state index contributed by atoms with van der Waals surface area (Å²) >= 11 is 0. The predicted octanol–water partition coefficient (Wildman–Crippen LogP) is 2.74. The Kier molecular flexibility index (Phi) is 4.38. The lowest BCUT2D eigenvalue weighted by Crippen LogP contribution is -2.50. The van der Waals surface area contributed by atoms with Gasteiger partial charge in [-0.1, -0.05) is 0 Å². The minimum atomic E-state index is -0.101. The van der Waals surface area contributed by atoms with Crippen LogP contribution in [0.15, 0.2) is 0 Å². The van der Waals surface area contributed by atoms with Crippen LogP contribution in [-0.4, -0.2) is 51.7 Å². The van der Waals surface area contributed by atoms with Gasteiger partial charge in [-0.3, -0.25) is 14.4 Å². The molecule has 0 unspecified atom stereocenters. The van der Waals surface area contributed by atoms with E-state index in [2.05, 4.69) is 40.4 Å². The van der Waals surface area contributed by atoms with Crippen molar-refractivity contribution in [3.05, 3.63) is 17.0 Å². The first-order chi connectivity index (χ1) is 12.0. The number of nitrogens with zero attached hydrogens (tertiary/aromatic N) is 4. The molecule has 0 aromatic carbocycles. The van der Waals surface area contributed by atoms with Crippen LogP contribution in [0.1, 0.15) is 56.0 Å². The molecular weight excluding hydrogens is 312 g/mol. The van der Waals surface area contributed by atoms with Crippen LogP contribution in [-0.2, 0) is 17.9 Å². The van der Waals surface area contributed by atoms with Crippen LogP contribution in [0.2, 0.25) is 0 Å². The molecule has 3 aliphatic rings. The first kappa shape index (κ1) is 17.1. The number of carbonyl (C=O) groups excluding carboxylic acids is 1. The number of rotatable bonds is 5. The molecule has 1 aliphatic carbocycles. The molecule has 5 nitrogen and oxygen atoms in total. The largest absolute Gasteiger partial charge is 0.342 e. The number of piperidine rings is 1. The van der Waals surface area contributed by atoms with Gasteiger partial charge in [-0.05, 0) is 65.3 Å². The summed E-state index contributed by atoms with van der Waals surface area (Å²) < 4.78 is 2.10. The quantitative estimate of drug-likeness (QED) is 0.825. The van der Waals surface area contributed by atoms with Crippen molar-refractivity contribution in [2.24, 2.45) is 11.3 Å². The Balaban J connectivity index is 1.45. The fourth-order valence-corrected chi connectivity index (χ4v) is 4.90. The van der Waals surface area contributed by atoms with Gasteiger partial charge in [0.25, 0.3) is 0 Å². The summed E-state index contributed by atoms with van der Waals surface area (Å²) in [5.41, 5.74) is 3.68. The van der Waals surface area contributed by atoms with Gasteiger partial charge < -0.3 is 4.90 Å². The Labute approximate surface area is 151 Å². The number of hydrogen-bond acceptors (Lipinski definition) is 3. The van der Waals surface area contributed by atoms with Gasteiger partial charge in [-0.15, -0.1) is 0 Å². The number of likely N-dealkylation sites (tertiary alicyclic amines) is 2. The van der Waals surface area contributed by atoms with Gasteiger partial charge in [-0.25, -0.2) is 0 Å². The average Bonchev–Trinajstić information content (AvgIpc) is 3.26. The third kappa shape index (κ3) is 3.12.